The lowest BCUT2D eigenvalue weighted by Crippen LogP contribution is -2.33. The summed E-state index contributed by atoms with van der Waals surface area (Å²) in [6.07, 6.45) is 4.05. The SMILES string of the molecule is Cc1ccc(C2C(C(=O)c3ccccn3)=C(O)C(=O)N2CCc2c[nH]c3ccccc23)cc1. The van der Waals surface area contributed by atoms with Crippen LogP contribution >= 0.6 is 0 Å². The number of nitrogens with one attached hydrogen (secondary N) is 1. The molecule has 0 spiro atoms. The van der Waals surface area contributed by atoms with E-state index in [0.717, 1.165) is 27.6 Å². The van der Waals surface area contributed by atoms with E-state index < -0.39 is 23.5 Å². The fraction of sp³-hybridized carbons (Fsp3) is 0.148. The maximum absolute atomic E-state index is 13.3. The van der Waals surface area contributed by atoms with Crippen LogP contribution in [0, 0.1) is 6.92 Å². The van der Waals surface area contributed by atoms with E-state index in [1.807, 2.05) is 61.7 Å². The van der Waals surface area contributed by atoms with Gasteiger partial charge in [-0.05, 0) is 42.7 Å². The summed E-state index contributed by atoms with van der Waals surface area (Å²) in [5, 5.41) is 11.9. The van der Waals surface area contributed by atoms with Crippen molar-refractivity contribution >= 4 is 22.6 Å². The highest BCUT2D eigenvalue weighted by atomic mass is 16.3. The molecule has 2 aromatic heterocycles. The van der Waals surface area contributed by atoms with Gasteiger partial charge in [-0.15, -0.1) is 0 Å². The highest BCUT2D eigenvalue weighted by Gasteiger charge is 2.43. The second-order valence-electron chi connectivity index (χ2n) is 8.23. The largest absolute Gasteiger partial charge is 0.503 e. The number of carbonyl (C=O) groups excluding carboxylic acids is 2. The summed E-state index contributed by atoms with van der Waals surface area (Å²) in [7, 11) is 0. The maximum Gasteiger partial charge on any atom is 0.290 e. The number of Topliss-reactive ketones (excluding diaryl/α,β-unsaturated/α-hetero) is 1. The van der Waals surface area contributed by atoms with E-state index in [4.69, 9.17) is 0 Å². The van der Waals surface area contributed by atoms with Gasteiger partial charge in [0.15, 0.2) is 5.76 Å². The molecule has 0 radical (unpaired) electrons. The third-order valence-electron chi connectivity index (χ3n) is 6.14. The van der Waals surface area contributed by atoms with E-state index in [-0.39, 0.29) is 11.3 Å². The average molecular weight is 437 g/mol. The second-order valence-corrected chi connectivity index (χ2v) is 8.23. The maximum atomic E-state index is 13.3. The van der Waals surface area contributed by atoms with E-state index in [1.54, 1.807) is 23.1 Å². The Morgan fingerprint density at radius 2 is 1.82 bits per heavy atom. The first-order valence-corrected chi connectivity index (χ1v) is 10.9. The van der Waals surface area contributed by atoms with Gasteiger partial charge in [-0.3, -0.25) is 14.6 Å². The lowest BCUT2D eigenvalue weighted by molar-refractivity contribution is -0.129. The number of aliphatic hydroxyl groups excluding tert-OH is 1. The van der Waals surface area contributed by atoms with E-state index in [9.17, 15) is 14.7 Å². The second kappa shape index (κ2) is 8.39. The Morgan fingerprint density at radius 1 is 1.06 bits per heavy atom. The molecular formula is C27H23N3O3. The number of aromatic amines is 1. The van der Waals surface area contributed by atoms with Crippen LogP contribution in [0.25, 0.3) is 10.9 Å². The Hall–Kier alpha value is -4.19. The molecule has 2 N–H and O–H groups in total. The van der Waals surface area contributed by atoms with Crippen molar-refractivity contribution in [3.05, 3.63) is 113 Å². The molecule has 6 nitrogen and oxygen atoms in total. The monoisotopic (exact) mass is 437 g/mol. The number of aliphatic hydroxyl groups is 1. The van der Waals surface area contributed by atoms with Gasteiger partial charge in [-0.1, -0.05) is 54.1 Å². The molecule has 164 valence electrons. The summed E-state index contributed by atoms with van der Waals surface area (Å²) in [4.78, 5) is 35.5. The Balaban J connectivity index is 1.52. The summed E-state index contributed by atoms with van der Waals surface area (Å²) < 4.78 is 0. The molecule has 0 aliphatic carbocycles. The molecule has 1 aliphatic heterocycles. The predicted octanol–water partition coefficient (Wildman–Crippen LogP) is 4.69. The Bertz CT molecular complexity index is 1370. The quantitative estimate of drug-likeness (QED) is 0.429. The minimum Gasteiger partial charge on any atom is -0.503 e. The third kappa shape index (κ3) is 3.69. The van der Waals surface area contributed by atoms with Crippen LogP contribution in [0.1, 0.15) is 33.2 Å². The highest BCUT2D eigenvalue weighted by Crippen LogP contribution is 2.39. The first-order valence-electron chi connectivity index (χ1n) is 10.9. The summed E-state index contributed by atoms with van der Waals surface area (Å²) in [6, 6.07) is 20.0. The highest BCUT2D eigenvalue weighted by molar-refractivity contribution is 6.15. The van der Waals surface area contributed by atoms with Crippen LogP contribution in [0.4, 0.5) is 0 Å². The van der Waals surface area contributed by atoms with Crippen LogP contribution in [0.5, 0.6) is 0 Å². The number of ketones is 1. The molecule has 33 heavy (non-hydrogen) atoms. The molecule has 4 aromatic rings. The number of benzene rings is 2. The molecular weight excluding hydrogens is 414 g/mol. The zero-order valence-electron chi connectivity index (χ0n) is 18.2. The number of amides is 1. The number of rotatable bonds is 6. The fourth-order valence-corrected chi connectivity index (χ4v) is 4.43. The number of fused-ring (bicyclic) bond motifs is 1. The van der Waals surface area contributed by atoms with Gasteiger partial charge in [0.05, 0.1) is 11.6 Å². The predicted molar refractivity (Wildman–Crippen MR) is 126 cm³/mol. The molecule has 1 unspecified atom stereocenters. The minimum absolute atomic E-state index is 0.0708. The molecule has 3 heterocycles. The number of H-pyrrole nitrogens is 1. The van der Waals surface area contributed by atoms with Gasteiger partial charge in [0, 0.05) is 29.8 Å². The van der Waals surface area contributed by atoms with Crippen molar-refractivity contribution in [3.63, 3.8) is 0 Å². The van der Waals surface area contributed by atoms with E-state index >= 15 is 0 Å². The van der Waals surface area contributed by atoms with Crippen molar-refractivity contribution < 1.29 is 14.7 Å². The first kappa shape index (κ1) is 20.7. The topological polar surface area (TPSA) is 86.3 Å². The van der Waals surface area contributed by atoms with Crippen molar-refractivity contribution in [2.45, 2.75) is 19.4 Å². The number of aromatic nitrogens is 2. The molecule has 1 atom stereocenters. The fourth-order valence-electron chi connectivity index (χ4n) is 4.43. The molecule has 0 saturated carbocycles. The summed E-state index contributed by atoms with van der Waals surface area (Å²) in [5.74, 6) is -1.49. The standard InChI is InChI=1S/C27H23N3O3/c1-17-9-11-18(12-10-17)24-23(25(31)22-8-4-5-14-28-22)26(32)27(33)30(24)15-13-19-16-29-21-7-3-2-6-20(19)21/h2-12,14,16,24,29,32H,13,15H2,1H3. The summed E-state index contributed by atoms with van der Waals surface area (Å²) in [6.45, 7) is 2.33. The van der Waals surface area contributed by atoms with Crippen molar-refractivity contribution in [1.82, 2.24) is 14.9 Å². The van der Waals surface area contributed by atoms with Gasteiger partial charge in [0.1, 0.15) is 5.69 Å². The number of pyridine rings is 1. The van der Waals surface area contributed by atoms with Crippen LogP contribution in [-0.4, -0.2) is 38.2 Å². The van der Waals surface area contributed by atoms with Crippen molar-refractivity contribution in [3.8, 4) is 0 Å². The number of nitrogens with zero attached hydrogens (tertiary/aromatic N) is 2. The first-order chi connectivity index (χ1) is 16.0. The van der Waals surface area contributed by atoms with Crippen molar-refractivity contribution in [2.24, 2.45) is 0 Å². The van der Waals surface area contributed by atoms with Gasteiger partial charge in [0.2, 0.25) is 5.78 Å². The normalized spacial score (nSPS) is 16.1. The lowest BCUT2D eigenvalue weighted by atomic mass is 9.94. The molecule has 6 heteroatoms. The van der Waals surface area contributed by atoms with E-state index in [1.165, 1.54) is 6.20 Å². The van der Waals surface area contributed by atoms with Gasteiger partial charge >= 0.3 is 0 Å². The number of para-hydroxylation sites is 1. The third-order valence-corrected chi connectivity index (χ3v) is 6.14. The number of carbonyl (C=O) groups is 2. The Kier molecular flexibility index (Phi) is 5.26. The average Bonchev–Trinajstić information content (AvgIpc) is 3.37. The van der Waals surface area contributed by atoms with Gasteiger partial charge in [-0.25, -0.2) is 0 Å². The van der Waals surface area contributed by atoms with Crippen LogP contribution in [-0.2, 0) is 11.2 Å². The van der Waals surface area contributed by atoms with Crippen molar-refractivity contribution in [1.29, 1.82) is 0 Å². The zero-order valence-corrected chi connectivity index (χ0v) is 18.2. The van der Waals surface area contributed by atoms with Crippen LogP contribution in [0.3, 0.4) is 0 Å². The van der Waals surface area contributed by atoms with E-state index in [2.05, 4.69) is 9.97 Å². The zero-order chi connectivity index (χ0) is 22.9. The van der Waals surface area contributed by atoms with Gasteiger partial charge in [0.25, 0.3) is 5.91 Å². The Morgan fingerprint density at radius 3 is 2.58 bits per heavy atom. The lowest BCUT2D eigenvalue weighted by Gasteiger charge is -2.27. The minimum atomic E-state index is -0.683. The van der Waals surface area contributed by atoms with Gasteiger partial charge in [-0.2, -0.15) is 0 Å². The van der Waals surface area contributed by atoms with Crippen LogP contribution in [0.2, 0.25) is 0 Å². The molecule has 0 fully saturated rings. The number of aryl methyl sites for hydroxylation is 1. The van der Waals surface area contributed by atoms with Crippen LogP contribution < -0.4 is 0 Å². The molecule has 0 saturated heterocycles. The summed E-state index contributed by atoms with van der Waals surface area (Å²) in [5.41, 5.74) is 4.21. The molecule has 2 aromatic carbocycles. The molecule has 0 bridgehead atoms. The molecule has 1 amide bonds. The number of hydrogen-bond acceptors (Lipinski definition) is 4. The summed E-state index contributed by atoms with van der Waals surface area (Å²) >= 11 is 0. The Labute approximate surface area is 191 Å². The smallest absolute Gasteiger partial charge is 0.290 e. The van der Waals surface area contributed by atoms with Crippen LogP contribution in [0.15, 0.2) is 90.5 Å². The molecule has 1 aliphatic rings. The molecule has 5 rings (SSSR count). The number of hydrogen-bond donors (Lipinski definition) is 2. The van der Waals surface area contributed by atoms with E-state index in [0.29, 0.717) is 13.0 Å². The van der Waals surface area contributed by atoms with Crippen molar-refractivity contribution in [2.75, 3.05) is 6.54 Å². The van der Waals surface area contributed by atoms with Gasteiger partial charge < -0.3 is 15.0 Å².